The van der Waals surface area contributed by atoms with Gasteiger partial charge in [-0.3, -0.25) is 4.79 Å². The first-order valence-electron chi connectivity index (χ1n) is 4.63. The van der Waals surface area contributed by atoms with Crippen molar-refractivity contribution in [1.29, 1.82) is 0 Å². The normalized spacial score (nSPS) is 26.2. The molecule has 5 nitrogen and oxygen atoms in total. The molecule has 2 rings (SSSR count). The monoisotopic (exact) mass is 260 g/mol. The lowest BCUT2D eigenvalue weighted by Gasteiger charge is -2.11. The van der Waals surface area contributed by atoms with Crippen LogP contribution in [0.5, 0.6) is 0 Å². The molecular weight excluding hydrogens is 251 g/mol. The number of aromatic nitrogens is 2. The molecule has 0 saturated heterocycles. The first-order chi connectivity index (χ1) is 7.35. The van der Waals surface area contributed by atoms with Gasteiger partial charge in [0, 0.05) is 6.20 Å². The van der Waals surface area contributed by atoms with E-state index in [1.807, 2.05) is 0 Å². The average Bonchev–Trinajstić information content (AvgIpc) is 2.67. The standard InChI is InChI=1S/C9H10Cl2N4O/c1-8(4-9(8,10)11)6(16)14-5-2-3-13-7(12)15-5/h2-3H,4H2,1H3,(H3,12,13,14,15,16). The number of rotatable bonds is 2. The number of nitrogens with zero attached hydrogens (tertiary/aromatic N) is 2. The molecule has 0 radical (unpaired) electrons. The van der Waals surface area contributed by atoms with Gasteiger partial charge in [0.15, 0.2) is 0 Å². The number of nitrogen functional groups attached to an aromatic ring is 1. The summed E-state index contributed by atoms with van der Waals surface area (Å²) in [5.74, 6) is 0.173. The Morgan fingerprint density at radius 2 is 2.25 bits per heavy atom. The highest BCUT2D eigenvalue weighted by atomic mass is 35.5. The molecular formula is C9H10Cl2N4O. The zero-order valence-corrected chi connectivity index (χ0v) is 10.0. The molecule has 7 heteroatoms. The van der Waals surface area contributed by atoms with Crippen molar-refractivity contribution in [3.05, 3.63) is 12.3 Å². The van der Waals surface area contributed by atoms with E-state index in [4.69, 9.17) is 28.9 Å². The minimum Gasteiger partial charge on any atom is -0.368 e. The Kier molecular flexibility index (Phi) is 2.47. The van der Waals surface area contributed by atoms with Crippen LogP contribution in [0, 0.1) is 5.41 Å². The quantitative estimate of drug-likeness (QED) is 0.792. The summed E-state index contributed by atoms with van der Waals surface area (Å²) >= 11 is 11.8. The van der Waals surface area contributed by atoms with Crippen LogP contribution in [0.15, 0.2) is 12.3 Å². The van der Waals surface area contributed by atoms with Crippen molar-refractivity contribution >= 4 is 40.9 Å². The van der Waals surface area contributed by atoms with Crippen molar-refractivity contribution in [2.24, 2.45) is 5.41 Å². The van der Waals surface area contributed by atoms with Gasteiger partial charge in [0.25, 0.3) is 0 Å². The summed E-state index contributed by atoms with van der Waals surface area (Å²) in [5.41, 5.74) is 4.62. The number of alkyl halides is 2. The molecule has 3 N–H and O–H groups in total. The van der Waals surface area contributed by atoms with Crippen LogP contribution in [0.2, 0.25) is 0 Å². The minimum absolute atomic E-state index is 0.0989. The minimum atomic E-state index is -0.990. The number of hydrogen-bond donors (Lipinski definition) is 2. The maximum absolute atomic E-state index is 11.8. The van der Waals surface area contributed by atoms with E-state index < -0.39 is 9.75 Å². The van der Waals surface area contributed by atoms with Gasteiger partial charge in [0.2, 0.25) is 11.9 Å². The van der Waals surface area contributed by atoms with Gasteiger partial charge in [0.05, 0.1) is 5.41 Å². The molecule has 16 heavy (non-hydrogen) atoms. The Morgan fingerprint density at radius 3 is 2.75 bits per heavy atom. The number of nitrogens with two attached hydrogens (primary N) is 1. The van der Waals surface area contributed by atoms with Gasteiger partial charge < -0.3 is 11.1 Å². The molecule has 0 aromatic carbocycles. The third kappa shape index (κ3) is 1.81. The van der Waals surface area contributed by atoms with Gasteiger partial charge >= 0.3 is 0 Å². The Hall–Kier alpha value is -1.07. The summed E-state index contributed by atoms with van der Waals surface area (Å²) in [6.07, 6.45) is 1.89. The van der Waals surface area contributed by atoms with Gasteiger partial charge in [-0.15, -0.1) is 23.2 Å². The maximum atomic E-state index is 11.8. The van der Waals surface area contributed by atoms with Crippen LogP contribution in [0.4, 0.5) is 11.8 Å². The Bertz CT molecular complexity index is 451. The van der Waals surface area contributed by atoms with Gasteiger partial charge in [-0.05, 0) is 19.4 Å². The third-order valence-electron chi connectivity index (χ3n) is 2.67. The van der Waals surface area contributed by atoms with E-state index in [0.29, 0.717) is 12.2 Å². The van der Waals surface area contributed by atoms with Gasteiger partial charge in [-0.1, -0.05) is 0 Å². The Balaban J connectivity index is 2.10. The summed E-state index contributed by atoms with van der Waals surface area (Å²) in [6, 6.07) is 1.55. The second kappa shape index (κ2) is 3.46. The average molecular weight is 261 g/mol. The van der Waals surface area contributed by atoms with Crippen molar-refractivity contribution in [2.75, 3.05) is 11.1 Å². The Morgan fingerprint density at radius 1 is 1.62 bits per heavy atom. The van der Waals surface area contributed by atoms with Crippen LogP contribution in [0.25, 0.3) is 0 Å². The fourth-order valence-electron chi connectivity index (χ4n) is 1.34. The molecule has 86 valence electrons. The number of anilines is 2. The lowest BCUT2D eigenvalue weighted by atomic mass is 10.1. The van der Waals surface area contributed by atoms with Crippen molar-refractivity contribution < 1.29 is 4.79 Å². The van der Waals surface area contributed by atoms with Crippen LogP contribution >= 0.6 is 23.2 Å². The van der Waals surface area contributed by atoms with Crippen molar-refractivity contribution in [2.45, 2.75) is 17.7 Å². The molecule has 0 aliphatic heterocycles. The molecule has 1 saturated carbocycles. The van der Waals surface area contributed by atoms with E-state index in [9.17, 15) is 4.79 Å². The first kappa shape index (κ1) is 11.4. The molecule has 1 amide bonds. The molecule has 1 aromatic rings. The summed E-state index contributed by atoms with van der Waals surface area (Å²) in [6.45, 7) is 1.70. The van der Waals surface area contributed by atoms with E-state index in [1.54, 1.807) is 13.0 Å². The van der Waals surface area contributed by atoms with E-state index in [0.717, 1.165) is 0 Å². The van der Waals surface area contributed by atoms with Crippen LogP contribution in [0.3, 0.4) is 0 Å². The second-order valence-corrected chi connectivity index (χ2v) is 5.45. The summed E-state index contributed by atoms with van der Waals surface area (Å²) in [7, 11) is 0. The number of carbonyl (C=O) groups is 1. The SMILES string of the molecule is CC1(C(=O)Nc2ccnc(N)n2)CC1(Cl)Cl. The number of carbonyl (C=O) groups excluding carboxylic acids is 1. The molecule has 1 aliphatic carbocycles. The summed E-state index contributed by atoms with van der Waals surface area (Å²) in [4.78, 5) is 19.4. The predicted octanol–water partition coefficient (Wildman–Crippen LogP) is 1.58. The molecule has 1 atom stereocenters. The number of halogens is 2. The first-order valence-corrected chi connectivity index (χ1v) is 5.38. The number of hydrogen-bond acceptors (Lipinski definition) is 4. The maximum Gasteiger partial charge on any atom is 0.234 e. The molecule has 1 aromatic heterocycles. The highest BCUT2D eigenvalue weighted by Gasteiger charge is 2.67. The van der Waals surface area contributed by atoms with Gasteiger partial charge in [0.1, 0.15) is 10.2 Å². The van der Waals surface area contributed by atoms with Crippen molar-refractivity contribution in [3.8, 4) is 0 Å². The van der Waals surface area contributed by atoms with Gasteiger partial charge in [-0.2, -0.15) is 4.98 Å². The summed E-state index contributed by atoms with van der Waals surface area (Å²) < 4.78 is -0.990. The lowest BCUT2D eigenvalue weighted by Crippen LogP contribution is -2.26. The molecule has 1 heterocycles. The fraction of sp³-hybridized carbons (Fsp3) is 0.444. The number of amides is 1. The molecule has 0 spiro atoms. The largest absolute Gasteiger partial charge is 0.368 e. The van der Waals surface area contributed by atoms with Crippen LogP contribution in [0.1, 0.15) is 13.3 Å². The van der Waals surface area contributed by atoms with E-state index in [2.05, 4.69) is 15.3 Å². The zero-order valence-electron chi connectivity index (χ0n) is 8.50. The van der Waals surface area contributed by atoms with E-state index in [1.165, 1.54) is 6.20 Å². The second-order valence-electron chi connectivity index (χ2n) is 3.97. The number of nitrogens with one attached hydrogen (secondary N) is 1. The Labute approximate surface area is 102 Å². The third-order valence-corrected chi connectivity index (χ3v) is 3.78. The zero-order chi connectivity index (χ0) is 12.0. The van der Waals surface area contributed by atoms with Crippen LogP contribution < -0.4 is 11.1 Å². The van der Waals surface area contributed by atoms with Crippen LogP contribution in [-0.4, -0.2) is 20.2 Å². The molecule has 1 aliphatic rings. The van der Waals surface area contributed by atoms with E-state index in [-0.39, 0.29) is 11.9 Å². The summed E-state index contributed by atoms with van der Waals surface area (Å²) in [5, 5.41) is 2.60. The van der Waals surface area contributed by atoms with E-state index >= 15 is 0 Å². The highest BCUT2D eigenvalue weighted by molar-refractivity contribution is 6.53. The topological polar surface area (TPSA) is 80.9 Å². The van der Waals surface area contributed by atoms with Crippen LogP contribution in [-0.2, 0) is 4.79 Å². The highest BCUT2D eigenvalue weighted by Crippen LogP contribution is 2.64. The van der Waals surface area contributed by atoms with Crippen molar-refractivity contribution in [1.82, 2.24) is 9.97 Å². The smallest absolute Gasteiger partial charge is 0.234 e. The predicted molar refractivity (Wildman–Crippen MR) is 62.2 cm³/mol. The lowest BCUT2D eigenvalue weighted by molar-refractivity contribution is -0.120. The molecule has 1 fully saturated rings. The fourth-order valence-corrected chi connectivity index (χ4v) is 2.05. The van der Waals surface area contributed by atoms with Gasteiger partial charge in [-0.25, -0.2) is 4.98 Å². The van der Waals surface area contributed by atoms with Crippen molar-refractivity contribution in [3.63, 3.8) is 0 Å². The molecule has 1 unspecified atom stereocenters. The molecule has 0 bridgehead atoms.